The highest BCUT2D eigenvalue weighted by Gasteiger charge is 2.08. The minimum absolute atomic E-state index is 0.0822. The van der Waals surface area contributed by atoms with Gasteiger partial charge in [-0.15, -0.1) is 0 Å². The zero-order valence-corrected chi connectivity index (χ0v) is 13.2. The average molecular weight is 326 g/mol. The molecule has 2 aromatic rings. The summed E-state index contributed by atoms with van der Waals surface area (Å²) < 4.78 is 0. The van der Waals surface area contributed by atoms with Crippen molar-refractivity contribution in [3.63, 3.8) is 0 Å². The van der Waals surface area contributed by atoms with E-state index < -0.39 is 5.97 Å². The van der Waals surface area contributed by atoms with E-state index in [1.54, 1.807) is 36.4 Å². The molecule has 3 N–H and O–H groups in total. The van der Waals surface area contributed by atoms with Crippen LogP contribution in [-0.2, 0) is 9.59 Å². The van der Waals surface area contributed by atoms with Gasteiger partial charge in [0.25, 0.3) is 5.91 Å². The van der Waals surface area contributed by atoms with Gasteiger partial charge in [0.05, 0.1) is 6.42 Å². The van der Waals surface area contributed by atoms with E-state index in [0.717, 1.165) is 5.56 Å². The third-order valence-electron chi connectivity index (χ3n) is 3.27. The van der Waals surface area contributed by atoms with Gasteiger partial charge in [-0.3, -0.25) is 14.4 Å². The van der Waals surface area contributed by atoms with Crippen LogP contribution in [0.15, 0.2) is 48.5 Å². The van der Waals surface area contributed by atoms with Gasteiger partial charge in [0.15, 0.2) is 0 Å². The fraction of sp³-hybridized carbons (Fsp3) is 0.167. The number of rotatable bonds is 6. The van der Waals surface area contributed by atoms with E-state index in [1.165, 1.54) is 0 Å². The zero-order valence-electron chi connectivity index (χ0n) is 13.2. The lowest BCUT2D eigenvalue weighted by Gasteiger charge is -2.08. The minimum Gasteiger partial charge on any atom is -0.481 e. The van der Waals surface area contributed by atoms with E-state index in [2.05, 4.69) is 10.6 Å². The van der Waals surface area contributed by atoms with Crippen LogP contribution in [0, 0.1) is 6.92 Å². The summed E-state index contributed by atoms with van der Waals surface area (Å²) in [5.41, 5.74) is 2.71. The molecule has 0 aromatic heterocycles. The summed E-state index contributed by atoms with van der Waals surface area (Å²) in [6.45, 7) is 1.92. The van der Waals surface area contributed by atoms with Crippen molar-refractivity contribution >= 4 is 29.2 Å². The lowest BCUT2D eigenvalue weighted by molar-refractivity contribution is -0.138. The fourth-order valence-corrected chi connectivity index (χ4v) is 2.07. The standard InChI is InChI=1S/C18H18N2O4/c1-12-3-2-4-13(11-12)18(24)20-15-7-5-14(6-8-15)19-16(21)9-10-17(22)23/h2-8,11H,9-10H2,1H3,(H,19,21)(H,20,24)(H,22,23). The van der Waals surface area contributed by atoms with Gasteiger partial charge in [-0.25, -0.2) is 0 Å². The molecule has 2 amide bonds. The number of aliphatic carboxylic acids is 1. The monoisotopic (exact) mass is 326 g/mol. The molecule has 0 aliphatic carbocycles. The maximum Gasteiger partial charge on any atom is 0.303 e. The summed E-state index contributed by atoms with van der Waals surface area (Å²) in [5, 5.41) is 13.9. The first-order valence-electron chi connectivity index (χ1n) is 7.44. The third kappa shape index (κ3) is 5.24. The van der Waals surface area contributed by atoms with Crippen LogP contribution in [0.25, 0.3) is 0 Å². The maximum atomic E-state index is 12.1. The van der Waals surface area contributed by atoms with Crippen LogP contribution >= 0.6 is 0 Å². The van der Waals surface area contributed by atoms with Crippen molar-refractivity contribution in [2.75, 3.05) is 10.6 Å². The number of carbonyl (C=O) groups excluding carboxylic acids is 2. The molecule has 0 saturated carbocycles. The normalized spacial score (nSPS) is 10.0. The zero-order chi connectivity index (χ0) is 17.5. The van der Waals surface area contributed by atoms with Gasteiger partial charge in [-0.2, -0.15) is 0 Å². The number of nitrogens with one attached hydrogen (secondary N) is 2. The van der Waals surface area contributed by atoms with E-state index in [4.69, 9.17) is 5.11 Å². The predicted octanol–water partition coefficient (Wildman–Crippen LogP) is 3.05. The highest BCUT2D eigenvalue weighted by molar-refractivity contribution is 6.04. The molecule has 0 fully saturated rings. The maximum absolute atomic E-state index is 12.1. The first-order chi connectivity index (χ1) is 11.4. The van der Waals surface area contributed by atoms with E-state index in [0.29, 0.717) is 16.9 Å². The Kier molecular flexibility index (Phi) is 5.68. The van der Waals surface area contributed by atoms with Crippen molar-refractivity contribution in [2.45, 2.75) is 19.8 Å². The van der Waals surface area contributed by atoms with Gasteiger partial charge in [0.1, 0.15) is 0 Å². The van der Waals surface area contributed by atoms with Crippen molar-refractivity contribution in [3.05, 3.63) is 59.7 Å². The summed E-state index contributed by atoms with van der Waals surface area (Å²) in [4.78, 5) is 34.1. The molecule has 2 rings (SSSR count). The molecule has 0 bridgehead atoms. The highest BCUT2D eigenvalue weighted by Crippen LogP contribution is 2.15. The molecule has 6 nitrogen and oxygen atoms in total. The van der Waals surface area contributed by atoms with Crippen LogP contribution < -0.4 is 10.6 Å². The molecule has 0 radical (unpaired) electrons. The second-order valence-corrected chi connectivity index (χ2v) is 5.34. The van der Waals surface area contributed by atoms with Crippen molar-refractivity contribution in [2.24, 2.45) is 0 Å². The summed E-state index contributed by atoms with van der Waals surface area (Å²) >= 11 is 0. The van der Waals surface area contributed by atoms with Gasteiger partial charge >= 0.3 is 5.97 Å². The lowest BCUT2D eigenvalue weighted by atomic mass is 10.1. The number of carbonyl (C=O) groups is 3. The predicted molar refractivity (Wildman–Crippen MR) is 91.1 cm³/mol. The van der Waals surface area contributed by atoms with Crippen LogP contribution in [0.1, 0.15) is 28.8 Å². The second kappa shape index (κ2) is 7.92. The summed E-state index contributed by atoms with van der Waals surface area (Å²) in [5.74, 6) is -1.59. The van der Waals surface area contributed by atoms with E-state index in [-0.39, 0.29) is 24.7 Å². The molecule has 0 atom stereocenters. The van der Waals surface area contributed by atoms with Crippen molar-refractivity contribution in [3.8, 4) is 0 Å². The molecule has 0 aliphatic rings. The Labute approximate surface area is 139 Å². The first-order valence-corrected chi connectivity index (χ1v) is 7.44. The molecule has 0 unspecified atom stereocenters. The Bertz CT molecular complexity index is 754. The Morgan fingerprint density at radius 3 is 2.12 bits per heavy atom. The lowest BCUT2D eigenvalue weighted by Crippen LogP contribution is -2.14. The smallest absolute Gasteiger partial charge is 0.303 e. The number of anilines is 2. The number of amides is 2. The van der Waals surface area contributed by atoms with Crippen LogP contribution in [-0.4, -0.2) is 22.9 Å². The second-order valence-electron chi connectivity index (χ2n) is 5.34. The van der Waals surface area contributed by atoms with Crippen LogP contribution in [0.3, 0.4) is 0 Å². The molecular formula is C18H18N2O4. The summed E-state index contributed by atoms with van der Waals surface area (Å²) in [6.07, 6.45) is -0.294. The SMILES string of the molecule is Cc1cccc(C(=O)Nc2ccc(NC(=O)CCC(=O)O)cc2)c1. The first kappa shape index (κ1) is 17.2. The Morgan fingerprint density at radius 1 is 0.917 bits per heavy atom. The van der Waals surface area contributed by atoms with Crippen LogP contribution in [0.5, 0.6) is 0 Å². The van der Waals surface area contributed by atoms with E-state index in [1.807, 2.05) is 19.1 Å². The Morgan fingerprint density at radius 2 is 1.54 bits per heavy atom. The van der Waals surface area contributed by atoms with Crippen molar-refractivity contribution < 1.29 is 19.5 Å². The number of hydrogen-bond acceptors (Lipinski definition) is 3. The van der Waals surface area contributed by atoms with Gasteiger partial charge < -0.3 is 15.7 Å². The molecule has 0 heterocycles. The number of hydrogen-bond donors (Lipinski definition) is 3. The molecule has 6 heteroatoms. The topological polar surface area (TPSA) is 95.5 Å². The van der Waals surface area contributed by atoms with Crippen LogP contribution in [0.4, 0.5) is 11.4 Å². The summed E-state index contributed by atoms with van der Waals surface area (Å²) in [7, 11) is 0. The molecule has 0 saturated heterocycles. The minimum atomic E-state index is -1.01. The van der Waals surface area contributed by atoms with Gasteiger partial charge in [0.2, 0.25) is 5.91 Å². The Hall–Kier alpha value is -3.15. The molecule has 0 aliphatic heterocycles. The van der Waals surface area contributed by atoms with Gasteiger partial charge in [-0.1, -0.05) is 17.7 Å². The molecule has 0 spiro atoms. The molecule has 24 heavy (non-hydrogen) atoms. The molecular weight excluding hydrogens is 308 g/mol. The molecule has 124 valence electrons. The molecule has 2 aromatic carbocycles. The summed E-state index contributed by atoms with van der Waals surface area (Å²) in [6, 6.07) is 13.9. The third-order valence-corrected chi connectivity index (χ3v) is 3.27. The highest BCUT2D eigenvalue weighted by atomic mass is 16.4. The fourth-order valence-electron chi connectivity index (χ4n) is 2.07. The quantitative estimate of drug-likeness (QED) is 0.760. The van der Waals surface area contributed by atoms with Gasteiger partial charge in [-0.05, 0) is 43.3 Å². The van der Waals surface area contributed by atoms with Crippen LogP contribution in [0.2, 0.25) is 0 Å². The number of aryl methyl sites for hydroxylation is 1. The van der Waals surface area contributed by atoms with Crippen molar-refractivity contribution in [1.29, 1.82) is 0 Å². The number of carboxylic acid groups (broad SMARTS) is 1. The average Bonchev–Trinajstić information content (AvgIpc) is 2.55. The van der Waals surface area contributed by atoms with E-state index >= 15 is 0 Å². The number of carboxylic acids is 1. The van der Waals surface area contributed by atoms with E-state index in [9.17, 15) is 14.4 Å². The largest absolute Gasteiger partial charge is 0.481 e. The van der Waals surface area contributed by atoms with Crippen molar-refractivity contribution in [1.82, 2.24) is 0 Å². The number of benzene rings is 2. The Balaban J connectivity index is 1.93. The van der Waals surface area contributed by atoms with Gasteiger partial charge in [0, 0.05) is 23.4 Å².